The SMILES string of the molecule is CCCc1cccc2c1CCN(C(C)C)C21CC1. The molecule has 0 saturated heterocycles. The molecule has 0 unspecified atom stereocenters. The molecule has 1 aliphatic carbocycles. The maximum absolute atomic E-state index is 2.74. The zero-order valence-corrected chi connectivity index (χ0v) is 12.0. The molecule has 1 aromatic rings. The zero-order valence-electron chi connectivity index (χ0n) is 12.0. The van der Waals surface area contributed by atoms with Crippen molar-refractivity contribution in [3.63, 3.8) is 0 Å². The number of benzene rings is 1. The molecular formula is C17H25N. The molecule has 0 atom stereocenters. The number of fused-ring (bicyclic) bond motifs is 2. The van der Waals surface area contributed by atoms with E-state index < -0.39 is 0 Å². The minimum Gasteiger partial charge on any atom is -0.291 e. The van der Waals surface area contributed by atoms with E-state index in [-0.39, 0.29) is 0 Å². The summed E-state index contributed by atoms with van der Waals surface area (Å²) in [4.78, 5) is 2.74. The summed E-state index contributed by atoms with van der Waals surface area (Å²) in [7, 11) is 0. The van der Waals surface area contributed by atoms with Crippen LogP contribution in [0.2, 0.25) is 0 Å². The zero-order chi connectivity index (χ0) is 12.8. The van der Waals surface area contributed by atoms with Crippen LogP contribution in [0.1, 0.15) is 56.7 Å². The Bertz CT molecular complexity index is 443. The Kier molecular flexibility index (Phi) is 2.97. The van der Waals surface area contributed by atoms with E-state index >= 15 is 0 Å². The number of aryl methyl sites for hydroxylation is 1. The van der Waals surface area contributed by atoms with Gasteiger partial charge in [0, 0.05) is 18.1 Å². The number of nitrogens with zero attached hydrogens (tertiary/aromatic N) is 1. The molecule has 0 bridgehead atoms. The second-order valence-corrected chi connectivity index (χ2v) is 6.26. The maximum Gasteiger partial charge on any atom is 0.0467 e. The van der Waals surface area contributed by atoms with E-state index in [2.05, 4.69) is 43.9 Å². The Morgan fingerprint density at radius 1 is 1.28 bits per heavy atom. The highest BCUT2D eigenvalue weighted by Gasteiger charge is 2.52. The Hall–Kier alpha value is -0.820. The third-order valence-electron chi connectivity index (χ3n) is 4.79. The Morgan fingerprint density at radius 2 is 2.06 bits per heavy atom. The molecule has 1 heterocycles. The lowest BCUT2D eigenvalue weighted by Gasteiger charge is -2.41. The van der Waals surface area contributed by atoms with E-state index in [9.17, 15) is 0 Å². The molecule has 3 rings (SSSR count). The van der Waals surface area contributed by atoms with Crippen molar-refractivity contribution in [3.05, 3.63) is 34.9 Å². The van der Waals surface area contributed by atoms with Crippen LogP contribution in [0, 0.1) is 0 Å². The van der Waals surface area contributed by atoms with Gasteiger partial charge in [-0.15, -0.1) is 0 Å². The number of hydrogen-bond acceptors (Lipinski definition) is 1. The predicted octanol–water partition coefficient (Wildman–Crippen LogP) is 3.89. The second-order valence-electron chi connectivity index (χ2n) is 6.26. The molecule has 1 aromatic carbocycles. The first-order chi connectivity index (χ1) is 8.69. The summed E-state index contributed by atoms with van der Waals surface area (Å²) >= 11 is 0. The van der Waals surface area contributed by atoms with E-state index in [1.165, 1.54) is 38.6 Å². The lowest BCUT2D eigenvalue weighted by atomic mass is 9.85. The van der Waals surface area contributed by atoms with Gasteiger partial charge < -0.3 is 0 Å². The van der Waals surface area contributed by atoms with Crippen LogP contribution < -0.4 is 0 Å². The molecule has 1 fully saturated rings. The first kappa shape index (κ1) is 12.2. The van der Waals surface area contributed by atoms with Crippen molar-refractivity contribution in [2.45, 2.75) is 64.5 Å². The van der Waals surface area contributed by atoms with Crippen LogP contribution in [0.15, 0.2) is 18.2 Å². The molecule has 18 heavy (non-hydrogen) atoms. The van der Waals surface area contributed by atoms with Crippen molar-refractivity contribution in [3.8, 4) is 0 Å². The van der Waals surface area contributed by atoms with Gasteiger partial charge in [-0.1, -0.05) is 31.5 Å². The van der Waals surface area contributed by atoms with Crippen LogP contribution in [-0.4, -0.2) is 17.5 Å². The van der Waals surface area contributed by atoms with Gasteiger partial charge in [-0.2, -0.15) is 0 Å². The first-order valence-corrected chi connectivity index (χ1v) is 7.57. The Labute approximate surface area is 111 Å². The fourth-order valence-electron chi connectivity index (χ4n) is 3.90. The summed E-state index contributed by atoms with van der Waals surface area (Å²) in [5.41, 5.74) is 5.39. The van der Waals surface area contributed by atoms with Gasteiger partial charge in [0.2, 0.25) is 0 Å². The third kappa shape index (κ3) is 1.72. The number of rotatable bonds is 3. The summed E-state index contributed by atoms with van der Waals surface area (Å²) in [6, 6.07) is 7.71. The summed E-state index contributed by atoms with van der Waals surface area (Å²) in [6.45, 7) is 8.24. The van der Waals surface area contributed by atoms with Gasteiger partial charge in [-0.05, 0) is 56.2 Å². The summed E-state index contributed by atoms with van der Waals surface area (Å²) in [5, 5.41) is 0. The second kappa shape index (κ2) is 4.38. The highest BCUT2D eigenvalue weighted by atomic mass is 15.3. The highest BCUT2D eigenvalue weighted by Crippen LogP contribution is 2.55. The van der Waals surface area contributed by atoms with Crippen molar-refractivity contribution in [1.29, 1.82) is 0 Å². The molecule has 1 nitrogen and oxygen atoms in total. The summed E-state index contributed by atoms with van der Waals surface area (Å²) in [6.07, 6.45) is 6.51. The van der Waals surface area contributed by atoms with E-state index in [4.69, 9.17) is 0 Å². The molecule has 1 saturated carbocycles. The predicted molar refractivity (Wildman–Crippen MR) is 76.9 cm³/mol. The van der Waals surface area contributed by atoms with Gasteiger partial charge in [0.25, 0.3) is 0 Å². The standard InChI is InChI=1S/C17H25N/c1-4-6-14-7-5-8-16-15(14)9-12-18(13(2)3)17(16)10-11-17/h5,7-8,13H,4,6,9-12H2,1-3H3. The normalized spacial score (nSPS) is 21.3. The molecule has 2 aliphatic rings. The van der Waals surface area contributed by atoms with Crippen LogP contribution in [0.5, 0.6) is 0 Å². The summed E-state index contributed by atoms with van der Waals surface area (Å²) in [5.74, 6) is 0. The van der Waals surface area contributed by atoms with Crippen LogP contribution >= 0.6 is 0 Å². The molecule has 1 heteroatoms. The van der Waals surface area contributed by atoms with Gasteiger partial charge in [-0.25, -0.2) is 0 Å². The van der Waals surface area contributed by atoms with E-state index in [0.29, 0.717) is 11.6 Å². The van der Waals surface area contributed by atoms with Crippen molar-refractivity contribution in [1.82, 2.24) is 4.90 Å². The van der Waals surface area contributed by atoms with Gasteiger partial charge in [0.15, 0.2) is 0 Å². The molecule has 98 valence electrons. The third-order valence-corrected chi connectivity index (χ3v) is 4.79. The number of hydrogen-bond donors (Lipinski definition) is 0. The van der Waals surface area contributed by atoms with Crippen LogP contribution in [0.3, 0.4) is 0 Å². The molecule has 0 amide bonds. The maximum atomic E-state index is 2.74. The van der Waals surface area contributed by atoms with Gasteiger partial charge in [0.1, 0.15) is 0 Å². The topological polar surface area (TPSA) is 3.24 Å². The van der Waals surface area contributed by atoms with Crippen molar-refractivity contribution >= 4 is 0 Å². The monoisotopic (exact) mass is 243 g/mol. The van der Waals surface area contributed by atoms with Gasteiger partial charge >= 0.3 is 0 Å². The molecule has 1 spiro atoms. The fraction of sp³-hybridized carbons (Fsp3) is 0.647. The van der Waals surface area contributed by atoms with Crippen molar-refractivity contribution in [2.75, 3.05) is 6.54 Å². The molecular weight excluding hydrogens is 218 g/mol. The minimum absolute atomic E-state index is 0.422. The quantitative estimate of drug-likeness (QED) is 0.778. The smallest absolute Gasteiger partial charge is 0.0467 e. The van der Waals surface area contributed by atoms with Gasteiger partial charge in [0.05, 0.1) is 0 Å². The highest BCUT2D eigenvalue weighted by molar-refractivity contribution is 5.45. The van der Waals surface area contributed by atoms with E-state index in [1.807, 2.05) is 0 Å². The average Bonchev–Trinajstić information content (AvgIpc) is 3.12. The van der Waals surface area contributed by atoms with E-state index in [1.54, 1.807) is 16.7 Å². The van der Waals surface area contributed by atoms with Gasteiger partial charge in [-0.3, -0.25) is 4.90 Å². The Balaban J connectivity index is 2.03. The first-order valence-electron chi connectivity index (χ1n) is 7.57. The summed E-state index contributed by atoms with van der Waals surface area (Å²) < 4.78 is 0. The van der Waals surface area contributed by atoms with Crippen LogP contribution in [0.25, 0.3) is 0 Å². The van der Waals surface area contributed by atoms with Crippen LogP contribution in [0.4, 0.5) is 0 Å². The molecule has 0 N–H and O–H groups in total. The average molecular weight is 243 g/mol. The molecule has 1 aliphatic heterocycles. The lowest BCUT2D eigenvalue weighted by Crippen LogP contribution is -2.45. The minimum atomic E-state index is 0.422. The van der Waals surface area contributed by atoms with E-state index in [0.717, 1.165) is 0 Å². The van der Waals surface area contributed by atoms with Crippen LogP contribution in [-0.2, 0) is 18.4 Å². The van der Waals surface area contributed by atoms with Crippen molar-refractivity contribution < 1.29 is 0 Å². The fourth-order valence-corrected chi connectivity index (χ4v) is 3.90. The van der Waals surface area contributed by atoms with Crippen molar-refractivity contribution in [2.24, 2.45) is 0 Å². The Morgan fingerprint density at radius 3 is 2.67 bits per heavy atom. The largest absolute Gasteiger partial charge is 0.291 e. The molecule has 0 radical (unpaired) electrons. The lowest BCUT2D eigenvalue weighted by molar-refractivity contribution is 0.122. The molecule has 0 aromatic heterocycles.